The quantitative estimate of drug-likeness (QED) is 0.477. The van der Waals surface area contributed by atoms with Crippen molar-refractivity contribution in [3.05, 3.63) is 23.8 Å². The van der Waals surface area contributed by atoms with Gasteiger partial charge in [-0.05, 0) is 18.8 Å². The molecule has 1 N–H and O–H groups in total. The van der Waals surface area contributed by atoms with Crippen LogP contribution in [0.5, 0.6) is 0 Å². The van der Waals surface area contributed by atoms with Gasteiger partial charge in [0.1, 0.15) is 5.60 Å². The molecule has 0 saturated heterocycles. The van der Waals surface area contributed by atoms with Crippen LogP contribution in [0.15, 0.2) is 23.8 Å². The number of rotatable bonds is 5. The van der Waals surface area contributed by atoms with E-state index in [9.17, 15) is 28.3 Å². The fraction of sp³-hybridized carbons (Fsp3) is 0.625. The van der Waals surface area contributed by atoms with E-state index in [2.05, 4.69) is 10.8 Å². The molecule has 0 spiro atoms. The van der Waals surface area contributed by atoms with Crippen molar-refractivity contribution in [2.24, 2.45) is 11.3 Å². The minimum atomic E-state index is -4.78. The van der Waals surface area contributed by atoms with E-state index in [-0.39, 0.29) is 0 Å². The maximum absolute atomic E-state index is 13.0. The molecule has 1 unspecified atom stereocenters. The molecule has 1 rings (SSSR count). The van der Waals surface area contributed by atoms with Crippen LogP contribution in [-0.2, 0) is 9.53 Å². The first-order valence-corrected chi connectivity index (χ1v) is 7.22. The van der Waals surface area contributed by atoms with Gasteiger partial charge in [0.2, 0.25) is 0 Å². The lowest BCUT2D eigenvalue weighted by Gasteiger charge is -2.49. The first-order chi connectivity index (χ1) is 10.5. The largest absolute Gasteiger partial charge is 0.466 e. The standard InChI is InChI=1S/C16H20F3NO3/c1-11(2)15(22,14(10-20)6-4-7-14)8-5-12(16(17,18)19)9-13(21)23-3/h5,8-9,11,22H,4,6-7H2,1-3H3/b8-5+,12-9+. The van der Waals surface area contributed by atoms with Crippen molar-refractivity contribution in [3.8, 4) is 6.07 Å². The van der Waals surface area contributed by atoms with E-state index in [1.807, 2.05) is 0 Å². The maximum atomic E-state index is 13.0. The lowest BCUT2D eigenvalue weighted by molar-refractivity contribution is -0.135. The van der Waals surface area contributed by atoms with Crippen LogP contribution in [0.2, 0.25) is 0 Å². The molecule has 1 aliphatic carbocycles. The number of carbonyl (C=O) groups excluding carboxylic acids is 1. The van der Waals surface area contributed by atoms with Crippen molar-refractivity contribution in [1.82, 2.24) is 0 Å². The Labute approximate surface area is 133 Å². The smallest absolute Gasteiger partial charge is 0.416 e. The molecule has 0 radical (unpaired) electrons. The number of halogens is 3. The average Bonchev–Trinajstić information content (AvgIpc) is 2.40. The van der Waals surface area contributed by atoms with Gasteiger partial charge in [0.25, 0.3) is 0 Å². The number of aliphatic hydroxyl groups is 1. The average molecular weight is 331 g/mol. The van der Waals surface area contributed by atoms with Crippen LogP contribution in [0.25, 0.3) is 0 Å². The monoisotopic (exact) mass is 331 g/mol. The highest BCUT2D eigenvalue weighted by atomic mass is 19.4. The topological polar surface area (TPSA) is 70.3 Å². The lowest BCUT2D eigenvalue weighted by atomic mass is 9.56. The zero-order chi connectivity index (χ0) is 17.9. The number of hydrogen-bond donors (Lipinski definition) is 1. The number of carbonyl (C=O) groups is 1. The summed E-state index contributed by atoms with van der Waals surface area (Å²) in [6.07, 6.45) is -1.24. The Kier molecular flexibility index (Phi) is 5.65. The number of esters is 1. The molecule has 128 valence electrons. The summed E-state index contributed by atoms with van der Waals surface area (Å²) in [6, 6.07) is 2.06. The van der Waals surface area contributed by atoms with Crippen LogP contribution in [0, 0.1) is 22.7 Å². The molecule has 0 aliphatic heterocycles. The second kappa shape index (κ2) is 6.75. The number of hydrogen-bond acceptors (Lipinski definition) is 4. The van der Waals surface area contributed by atoms with Crippen molar-refractivity contribution in [1.29, 1.82) is 5.26 Å². The maximum Gasteiger partial charge on any atom is 0.416 e. The molecule has 23 heavy (non-hydrogen) atoms. The third-order valence-electron chi connectivity index (χ3n) is 4.39. The summed E-state index contributed by atoms with van der Waals surface area (Å²) in [7, 11) is 0.972. The van der Waals surface area contributed by atoms with Gasteiger partial charge in [-0.25, -0.2) is 4.79 Å². The Morgan fingerprint density at radius 2 is 1.96 bits per heavy atom. The molecule has 0 aromatic heterocycles. The van der Waals surface area contributed by atoms with Gasteiger partial charge < -0.3 is 9.84 Å². The Morgan fingerprint density at radius 1 is 1.39 bits per heavy atom. The highest BCUT2D eigenvalue weighted by molar-refractivity contribution is 5.83. The summed E-state index contributed by atoms with van der Waals surface area (Å²) in [5.74, 6) is -1.61. The van der Waals surface area contributed by atoms with E-state index < -0.39 is 34.7 Å². The fourth-order valence-electron chi connectivity index (χ4n) is 2.66. The van der Waals surface area contributed by atoms with Crippen molar-refractivity contribution in [3.63, 3.8) is 0 Å². The first-order valence-electron chi connectivity index (χ1n) is 7.22. The van der Waals surface area contributed by atoms with Gasteiger partial charge in [0, 0.05) is 6.08 Å². The second-order valence-corrected chi connectivity index (χ2v) is 5.98. The van der Waals surface area contributed by atoms with Crippen molar-refractivity contribution in [2.45, 2.75) is 44.9 Å². The zero-order valence-electron chi connectivity index (χ0n) is 13.3. The molecule has 1 atom stereocenters. The number of allylic oxidation sites excluding steroid dienone is 2. The predicted octanol–water partition coefficient (Wildman–Crippen LogP) is 3.29. The minimum Gasteiger partial charge on any atom is -0.466 e. The van der Waals surface area contributed by atoms with Gasteiger partial charge in [-0.15, -0.1) is 0 Å². The number of methoxy groups -OCH3 is 1. The zero-order valence-corrected chi connectivity index (χ0v) is 13.3. The number of nitrogens with zero attached hydrogens (tertiary/aromatic N) is 1. The number of nitriles is 1. The summed E-state index contributed by atoms with van der Waals surface area (Å²) >= 11 is 0. The van der Waals surface area contributed by atoms with E-state index in [0.717, 1.165) is 19.6 Å². The fourth-order valence-corrected chi connectivity index (χ4v) is 2.66. The third kappa shape index (κ3) is 3.75. The third-order valence-corrected chi connectivity index (χ3v) is 4.39. The van der Waals surface area contributed by atoms with E-state index >= 15 is 0 Å². The normalized spacial score (nSPS) is 20.7. The SMILES string of the molecule is COC(=O)/C=C(\C=C\C(O)(C(C)C)C1(C#N)CCC1)C(F)(F)F. The molecule has 1 saturated carbocycles. The molecular formula is C16H20F3NO3. The minimum absolute atomic E-state index is 0.317. The molecule has 0 amide bonds. The van der Waals surface area contributed by atoms with E-state index in [1.54, 1.807) is 13.8 Å². The van der Waals surface area contributed by atoms with Gasteiger partial charge in [-0.2, -0.15) is 18.4 Å². The van der Waals surface area contributed by atoms with E-state index in [1.165, 1.54) is 0 Å². The van der Waals surface area contributed by atoms with E-state index in [0.29, 0.717) is 25.0 Å². The van der Waals surface area contributed by atoms with Crippen LogP contribution in [0.1, 0.15) is 33.1 Å². The summed E-state index contributed by atoms with van der Waals surface area (Å²) in [4.78, 5) is 11.1. The summed E-state index contributed by atoms with van der Waals surface area (Å²) in [5.41, 5.74) is -4.05. The highest BCUT2D eigenvalue weighted by Gasteiger charge is 2.55. The Bertz CT molecular complexity index is 554. The van der Waals surface area contributed by atoms with Crippen LogP contribution >= 0.6 is 0 Å². The number of ether oxygens (including phenoxy) is 1. The second-order valence-electron chi connectivity index (χ2n) is 5.98. The van der Waals surface area contributed by atoms with Crippen molar-refractivity contribution in [2.75, 3.05) is 7.11 Å². The van der Waals surface area contributed by atoms with E-state index in [4.69, 9.17) is 0 Å². The van der Waals surface area contributed by atoms with Gasteiger partial charge >= 0.3 is 12.1 Å². The lowest BCUT2D eigenvalue weighted by Crippen LogP contribution is -2.53. The van der Waals surface area contributed by atoms with Crippen LogP contribution in [0.3, 0.4) is 0 Å². The molecule has 0 heterocycles. The summed E-state index contributed by atoms with van der Waals surface area (Å²) in [6.45, 7) is 3.28. The Morgan fingerprint density at radius 3 is 2.26 bits per heavy atom. The first kappa shape index (κ1) is 19.2. The van der Waals surface area contributed by atoms with Crippen molar-refractivity contribution >= 4 is 5.97 Å². The molecule has 1 aliphatic rings. The molecule has 1 fully saturated rings. The van der Waals surface area contributed by atoms with Gasteiger partial charge in [-0.3, -0.25) is 0 Å². The van der Waals surface area contributed by atoms with Crippen LogP contribution in [0.4, 0.5) is 13.2 Å². The molecule has 4 nitrogen and oxygen atoms in total. The molecule has 0 bridgehead atoms. The molecular weight excluding hydrogens is 311 g/mol. The summed E-state index contributed by atoms with van der Waals surface area (Å²) < 4.78 is 43.2. The van der Waals surface area contributed by atoms with Crippen LogP contribution in [-0.4, -0.2) is 30.0 Å². The van der Waals surface area contributed by atoms with Crippen LogP contribution < -0.4 is 0 Å². The Hall–Kier alpha value is -1.81. The summed E-state index contributed by atoms with van der Waals surface area (Å²) in [5, 5.41) is 20.2. The Balaban J connectivity index is 3.26. The number of alkyl halides is 3. The predicted molar refractivity (Wildman–Crippen MR) is 77.0 cm³/mol. The van der Waals surface area contributed by atoms with Crippen molar-refractivity contribution < 1.29 is 27.8 Å². The highest BCUT2D eigenvalue weighted by Crippen LogP contribution is 2.52. The molecule has 0 aromatic rings. The van der Waals surface area contributed by atoms with Gasteiger partial charge in [0.05, 0.1) is 24.2 Å². The van der Waals surface area contributed by atoms with Gasteiger partial charge in [-0.1, -0.05) is 32.4 Å². The van der Waals surface area contributed by atoms with Gasteiger partial charge in [0.15, 0.2) is 0 Å². The molecule has 7 heteroatoms. The molecule has 0 aromatic carbocycles.